The second kappa shape index (κ2) is 8.14. The van der Waals surface area contributed by atoms with E-state index in [1.165, 1.54) is 0 Å². The molecule has 1 aromatic carbocycles. The summed E-state index contributed by atoms with van der Waals surface area (Å²) >= 11 is 17.3. The molecule has 0 spiro atoms. The van der Waals surface area contributed by atoms with E-state index in [0.29, 0.717) is 18.4 Å². The normalized spacial score (nSPS) is 14.8. The van der Waals surface area contributed by atoms with Crippen molar-refractivity contribution in [1.82, 2.24) is 0 Å². The summed E-state index contributed by atoms with van der Waals surface area (Å²) in [6.07, 6.45) is 0.00316. The average Bonchev–Trinajstić information content (AvgIpc) is 2.31. The van der Waals surface area contributed by atoms with Crippen LogP contribution in [-0.2, 0) is 11.3 Å². The predicted octanol–water partition coefficient (Wildman–Crippen LogP) is 4.62. The minimum Gasteiger partial charge on any atom is -0.371 e. The second-order valence-corrected chi connectivity index (χ2v) is 6.43. The molecule has 0 N–H and O–H groups in total. The maximum absolute atomic E-state index is 5.84. The van der Waals surface area contributed by atoms with Crippen LogP contribution in [0.1, 0.15) is 5.56 Å². The third kappa shape index (κ3) is 5.08. The molecule has 1 aromatic rings. The van der Waals surface area contributed by atoms with E-state index < -0.39 is 0 Å². The molecule has 0 fully saturated rings. The highest BCUT2D eigenvalue weighted by Gasteiger charge is 2.17. The van der Waals surface area contributed by atoms with E-state index in [9.17, 15) is 0 Å². The van der Waals surface area contributed by atoms with Crippen molar-refractivity contribution in [3.8, 4) is 0 Å². The Morgan fingerprint density at radius 2 is 1.81 bits per heavy atom. The Labute approximate surface area is 128 Å². The fourth-order valence-electron chi connectivity index (χ4n) is 1.13. The Morgan fingerprint density at radius 3 is 2.31 bits per heavy atom. The van der Waals surface area contributed by atoms with Crippen LogP contribution in [0, 0.1) is 0 Å². The molecular formula is C11H12BrCl2IO. The van der Waals surface area contributed by atoms with Gasteiger partial charge in [0.2, 0.25) is 0 Å². The maximum Gasteiger partial charge on any atom is 0.0843 e. The van der Waals surface area contributed by atoms with E-state index in [1.54, 1.807) is 0 Å². The number of benzene rings is 1. The van der Waals surface area contributed by atoms with E-state index in [4.69, 9.17) is 27.9 Å². The number of rotatable bonds is 6. The van der Waals surface area contributed by atoms with Crippen LogP contribution in [0.15, 0.2) is 28.7 Å². The van der Waals surface area contributed by atoms with Crippen LogP contribution in [0.2, 0.25) is 0 Å². The van der Waals surface area contributed by atoms with Gasteiger partial charge in [-0.3, -0.25) is 0 Å². The lowest BCUT2D eigenvalue weighted by molar-refractivity contribution is 0.0599. The number of hydrogen-bond donors (Lipinski definition) is 0. The second-order valence-electron chi connectivity index (χ2n) is 3.30. The summed E-state index contributed by atoms with van der Waals surface area (Å²) in [5, 5.41) is 0. The molecule has 0 bridgehead atoms. The number of hydrogen-bond acceptors (Lipinski definition) is 1. The molecule has 0 saturated carbocycles. The van der Waals surface area contributed by atoms with E-state index in [0.717, 1.165) is 10.0 Å². The van der Waals surface area contributed by atoms with Crippen LogP contribution in [0.5, 0.6) is 0 Å². The third-order valence-electron chi connectivity index (χ3n) is 2.08. The van der Waals surface area contributed by atoms with Crippen LogP contribution < -0.4 is 0 Å². The topological polar surface area (TPSA) is 9.23 Å². The van der Waals surface area contributed by atoms with Crippen LogP contribution in [-0.4, -0.2) is 21.8 Å². The fraction of sp³-hybridized carbons (Fsp3) is 0.455. The quantitative estimate of drug-likeness (QED) is 0.466. The molecule has 0 radical (unpaired) electrons. The van der Waals surface area contributed by atoms with Crippen molar-refractivity contribution in [2.45, 2.75) is 16.6 Å². The van der Waals surface area contributed by atoms with Crippen LogP contribution >= 0.6 is 61.7 Å². The lowest BCUT2D eigenvalue weighted by Gasteiger charge is -2.19. The Hall–Kier alpha value is 0.970. The monoisotopic (exact) mass is 436 g/mol. The molecule has 2 unspecified atom stereocenters. The fourth-order valence-corrected chi connectivity index (χ4v) is 2.66. The average molecular weight is 438 g/mol. The summed E-state index contributed by atoms with van der Waals surface area (Å²) in [6.45, 7) is 0.570. The molecule has 0 aliphatic heterocycles. The van der Waals surface area contributed by atoms with Gasteiger partial charge in [0.25, 0.3) is 0 Å². The largest absolute Gasteiger partial charge is 0.371 e. The van der Waals surface area contributed by atoms with Gasteiger partial charge in [-0.05, 0) is 17.7 Å². The summed E-state index contributed by atoms with van der Waals surface area (Å²) in [5.41, 5.74) is 1.14. The van der Waals surface area contributed by atoms with Gasteiger partial charge in [0.1, 0.15) is 0 Å². The van der Waals surface area contributed by atoms with Gasteiger partial charge in [-0.2, -0.15) is 0 Å². The summed E-state index contributed by atoms with van der Waals surface area (Å²) in [5.74, 6) is 1.02. The number of alkyl halides is 3. The zero-order chi connectivity index (χ0) is 12.0. The summed E-state index contributed by atoms with van der Waals surface area (Å²) < 4.78 is 7.04. The first-order chi connectivity index (χ1) is 7.67. The zero-order valence-electron chi connectivity index (χ0n) is 8.51. The van der Waals surface area contributed by atoms with Gasteiger partial charge in [0.15, 0.2) is 0 Å². The predicted molar refractivity (Wildman–Crippen MR) is 82.0 cm³/mol. The first-order valence-corrected chi connectivity index (χ1v) is 7.90. The van der Waals surface area contributed by atoms with Gasteiger partial charge in [0, 0.05) is 16.2 Å². The van der Waals surface area contributed by atoms with E-state index in [2.05, 4.69) is 38.5 Å². The van der Waals surface area contributed by atoms with Crippen molar-refractivity contribution in [2.24, 2.45) is 0 Å². The SMILES string of the molecule is ClCC(I)C(CCl)OCc1ccc(Br)cc1. The molecule has 0 amide bonds. The first kappa shape index (κ1) is 15.0. The van der Waals surface area contributed by atoms with Crippen molar-refractivity contribution in [3.05, 3.63) is 34.3 Å². The van der Waals surface area contributed by atoms with Crippen molar-refractivity contribution < 1.29 is 4.74 Å². The maximum atomic E-state index is 5.84. The summed E-state index contributed by atoms with van der Waals surface area (Å²) in [7, 11) is 0. The molecule has 90 valence electrons. The van der Waals surface area contributed by atoms with Gasteiger partial charge < -0.3 is 4.74 Å². The molecule has 1 rings (SSSR count). The molecule has 1 nitrogen and oxygen atoms in total. The van der Waals surface area contributed by atoms with E-state index in [-0.39, 0.29) is 10.0 Å². The van der Waals surface area contributed by atoms with E-state index in [1.807, 2.05) is 24.3 Å². The van der Waals surface area contributed by atoms with Crippen molar-refractivity contribution in [2.75, 3.05) is 11.8 Å². The first-order valence-electron chi connectivity index (χ1n) is 4.79. The van der Waals surface area contributed by atoms with Crippen molar-refractivity contribution in [3.63, 3.8) is 0 Å². The molecule has 0 aliphatic carbocycles. The molecule has 0 saturated heterocycles. The number of ether oxygens (including phenoxy) is 1. The van der Waals surface area contributed by atoms with Gasteiger partial charge in [0.05, 0.1) is 16.6 Å². The Bertz CT molecular complexity index is 307. The summed E-state index contributed by atoms with van der Waals surface area (Å²) in [4.78, 5) is 0. The van der Waals surface area contributed by atoms with Gasteiger partial charge in [-0.15, -0.1) is 23.2 Å². The van der Waals surface area contributed by atoms with Gasteiger partial charge >= 0.3 is 0 Å². The highest BCUT2D eigenvalue weighted by atomic mass is 127. The minimum atomic E-state index is 0.00316. The molecule has 2 atom stereocenters. The highest BCUT2D eigenvalue weighted by molar-refractivity contribution is 14.1. The standard InChI is InChI=1S/C11H12BrCl2IO/c12-9-3-1-8(2-4-9)7-16-11(6-14)10(15)5-13/h1-4,10-11H,5-7H2. The smallest absolute Gasteiger partial charge is 0.0843 e. The summed E-state index contributed by atoms with van der Waals surface area (Å²) in [6, 6.07) is 8.05. The van der Waals surface area contributed by atoms with E-state index >= 15 is 0 Å². The van der Waals surface area contributed by atoms with Crippen molar-refractivity contribution in [1.29, 1.82) is 0 Å². The van der Waals surface area contributed by atoms with Crippen molar-refractivity contribution >= 4 is 61.7 Å². The van der Waals surface area contributed by atoms with Gasteiger partial charge in [-0.1, -0.05) is 50.7 Å². The van der Waals surface area contributed by atoms with Gasteiger partial charge in [-0.25, -0.2) is 0 Å². The Morgan fingerprint density at radius 1 is 1.19 bits per heavy atom. The lowest BCUT2D eigenvalue weighted by Crippen LogP contribution is -2.27. The molecule has 0 aliphatic rings. The number of halogens is 4. The molecule has 5 heteroatoms. The molecular weight excluding hydrogens is 426 g/mol. The molecule has 16 heavy (non-hydrogen) atoms. The third-order valence-corrected chi connectivity index (χ3v) is 5.01. The lowest BCUT2D eigenvalue weighted by atomic mass is 10.2. The molecule has 0 heterocycles. The van der Waals surface area contributed by atoms with Crippen LogP contribution in [0.25, 0.3) is 0 Å². The molecule has 0 aromatic heterocycles. The van der Waals surface area contributed by atoms with Crippen LogP contribution in [0.3, 0.4) is 0 Å². The highest BCUT2D eigenvalue weighted by Crippen LogP contribution is 2.17. The minimum absolute atomic E-state index is 0.00316. The Kier molecular flexibility index (Phi) is 7.64. The Balaban J connectivity index is 2.46. The zero-order valence-corrected chi connectivity index (χ0v) is 13.8. The van der Waals surface area contributed by atoms with Crippen LogP contribution in [0.4, 0.5) is 0 Å².